The molecule has 1 aromatic rings. The zero-order chi connectivity index (χ0) is 13.7. The van der Waals surface area contributed by atoms with Crippen LogP contribution in [0.5, 0.6) is 0 Å². The van der Waals surface area contributed by atoms with E-state index in [1.807, 2.05) is 13.0 Å². The van der Waals surface area contributed by atoms with Gasteiger partial charge in [0.15, 0.2) is 0 Å². The lowest BCUT2D eigenvalue weighted by Gasteiger charge is -2.30. The number of nitrogens with two attached hydrogens (primary N) is 1. The van der Waals surface area contributed by atoms with E-state index in [-0.39, 0.29) is 23.9 Å². The molecule has 0 amide bonds. The molecule has 0 aliphatic carbocycles. The van der Waals surface area contributed by atoms with Gasteiger partial charge < -0.3 is 4.74 Å². The molecule has 0 spiro atoms. The Balaban J connectivity index is 3.02. The number of nitrogens with one attached hydrogen (secondary N) is 1. The predicted molar refractivity (Wildman–Crippen MR) is 71.5 cm³/mol. The molecule has 2 atom stereocenters. The third-order valence-corrected chi connectivity index (χ3v) is 3.08. The van der Waals surface area contributed by atoms with Crippen molar-refractivity contribution >= 4 is 0 Å². The maximum atomic E-state index is 13.6. The SMILES string of the molecule is CCOC(C(C)C)C(NN)c1ccc(C)c(F)c1. The lowest BCUT2D eigenvalue weighted by atomic mass is 9.93. The summed E-state index contributed by atoms with van der Waals surface area (Å²) in [5, 5.41) is 0. The van der Waals surface area contributed by atoms with E-state index < -0.39 is 0 Å². The van der Waals surface area contributed by atoms with Crippen molar-refractivity contribution in [2.24, 2.45) is 11.8 Å². The molecule has 0 aliphatic heterocycles. The van der Waals surface area contributed by atoms with Gasteiger partial charge in [0.25, 0.3) is 0 Å². The van der Waals surface area contributed by atoms with Gasteiger partial charge >= 0.3 is 0 Å². The van der Waals surface area contributed by atoms with Gasteiger partial charge in [-0.25, -0.2) is 4.39 Å². The van der Waals surface area contributed by atoms with Crippen LogP contribution in [0, 0.1) is 18.7 Å². The Bertz CT molecular complexity index is 382. The molecule has 4 heteroatoms. The lowest BCUT2D eigenvalue weighted by Crippen LogP contribution is -2.40. The van der Waals surface area contributed by atoms with Crippen molar-refractivity contribution in [3.8, 4) is 0 Å². The zero-order valence-electron chi connectivity index (χ0n) is 11.5. The lowest BCUT2D eigenvalue weighted by molar-refractivity contribution is 0.00271. The maximum absolute atomic E-state index is 13.6. The van der Waals surface area contributed by atoms with E-state index in [0.29, 0.717) is 12.2 Å². The van der Waals surface area contributed by atoms with Gasteiger partial charge in [-0.1, -0.05) is 26.0 Å². The number of rotatable bonds is 6. The Kier molecular flexibility index (Phi) is 5.72. The molecule has 0 fully saturated rings. The minimum atomic E-state index is -0.216. The summed E-state index contributed by atoms with van der Waals surface area (Å²) in [6, 6.07) is 4.96. The first-order valence-electron chi connectivity index (χ1n) is 6.35. The first kappa shape index (κ1) is 15.1. The van der Waals surface area contributed by atoms with Crippen LogP contribution in [0.4, 0.5) is 4.39 Å². The first-order valence-corrected chi connectivity index (χ1v) is 6.35. The monoisotopic (exact) mass is 254 g/mol. The predicted octanol–water partition coefficient (Wildman–Crippen LogP) is 2.70. The third kappa shape index (κ3) is 3.51. The number of hydrogen-bond donors (Lipinski definition) is 2. The van der Waals surface area contributed by atoms with E-state index in [1.165, 1.54) is 6.07 Å². The fourth-order valence-corrected chi connectivity index (χ4v) is 2.05. The molecule has 0 bridgehead atoms. The Morgan fingerprint density at radius 2 is 2.06 bits per heavy atom. The molecule has 0 aliphatic rings. The molecular weight excluding hydrogens is 231 g/mol. The van der Waals surface area contributed by atoms with E-state index in [0.717, 1.165) is 5.56 Å². The average Bonchev–Trinajstić information content (AvgIpc) is 2.33. The first-order chi connectivity index (χ1) is 8.51. The topological polar surface area (TPSA) is 47.3 Å². The van der Waals surface area contributed by atoms with Crippen LogP contribution in [0.2, 0.25) is 0 Å². The molecule has 0 saturated heterocycles. The van der Waals surface area contributed by atoms with E-state index in [1.54, 1.807) is 13.0 Å². The van der Waals surface area contributed by atoms with Gasteiger partial charge in [0, 0.05) is 6.61 Å². The molecule has 0 heterocycles. The van der Waals surface area contributed by atoms with Gasteiger partial charge in [-0.2, -0.15) is 0 Å². The number of benzene rings is 1. The summed E-state index contributed by atoms with van der Waals surface area (Å²) < 4.78 is 19.3. The highest BCUT2D eigenvalue weighted by atomic mass is 19.1. The average molecular weight is 254 g/mol. The summed E-state index contributed by atoms with van der Waals surface area (Å²) in [6.45, 7) is 8.42. The van der Waals surface area contributed by atoms with Crippen LogP contribution in [0.15, 0.2) is 18.2 Å². The number of aryl methyl sites for hydroxylation is 1. The Hall–Kier alpha value is -0.970. The summed E-state index contributed by atoms with van der Waals surface area (Å²) in [4.78, 5) is 0. The van der Waals surface area contributed by atoms with Gasteiger partial charge in [-0.3, -0.25) is 11.3 Å². The summed E-state index contributed by atoms with van der Waals surface area (Å²) in [6.07, 6.45) is -0.0814. The summed E-state index contributed by atoms with van der Waals surface area (Å²) >= 11 is 0. The molecule has 3 nitrogen and oxygen atoms in total. The molecule has 1 rings (SSSR count). The highest BCUT2D eigenvalue weighted by Gasteiger charge is 2.26. The van der Waals surface area contributed by atoms with Crippen LogP contribution in [0.3, 0.4) is 0 Å². The van der Waals surface area contributed by atoms with Gasteiger partial charge in [-0.05, 0) is 37.0 Å². The van der Waals surface area contributed by atoms with Crippen LogP contribution in [0.25, 0.3) is 0 Å². The maximum Gasteiger partial charge on any atom is 0.126 e. The van der Waals surface area contributed by atoms with Crippen LogP contribution in [0.1, 0.15) is 37.9 Å². The van der Waals surface area contributed by atoms with E-state index in [9.17, 15) is 4.39 Å². The van der Waals surface area contributed by atoms with E-state index >= 15 is 0 Å². The van der Waals surface area contributed by atoms with Crippen molar-refractivity contribution in [1.29, 1.82) is 0 Å². The fourth-order valence-electron chi connectivity index (χ4n) is 2.05. The summed E-state index contributed by atoms with van der Waals surface area (Å²) in [7, 11) is 0. The Morgan fingerprint density at radius 1 is 1.39 bits per heavy atom. The molecule has 1 aromatic carbocycles. The van der Waals surface area contributed by atoms with Crippen molar-refractivity contribution < 1.29 is 9.13 Å². The molecule has 2 unspecified atom stereocenters. The molecular formula is C14H23FN2O. The van der Waals surface area contributed by atoms with Crippen LogP contribution >= 0.6 is 0 Å². The molecule has 3 N–H and O–H groups in total. The molecule has 102 valence electrons. The largest absolute Gasteiger partial charge is 0.376 e. The summed E-state index contributed by atoms with van der Waals surface area (Å²) in [5.41, 5.74) is 4.18. The highest BCUT2D eigenvalue weighted by Crippen LogP contribution is 2.25. The van der Waals surface area contributed by atoms with Crippen LogP contribution < -0.4 is 11.3 Å². The van der Waals surface area contributed by atoms with Crippen LogP contribution in [-0.4, -0.2) is 12.7 Å². The molecule has 0 aromatic heterocycles. The number of halogens is 1. The van der Waals surface area contributed by atoms with Gasteiger partial charge in [0.2, 0.25) is 0 Å². The van der Waals surface area contributed by atoms with Crippen LogP contribution in [-0.2, 0) is 4.74 Å². The normalized spacial score (nSPS) is 14.8. The number of hydrogen-bond acceptors (Lipinski definition) is 3. The van der Waals surface area contributed by atoms with E-state index in [2.05, 4.69) is 19.3 Å². The van der Waals surface area contributed by atoms with Crippen molar-refractivity contribution in [3.63, 3.8) is 0 Å². The second-order valence-corrected chi connectivity index (χ2v) is 4.82. The second-order valence-electron chi connectivity index (χ2n) is 4.82. The van der Waals surface area contributed by atoms with Crippen molar-refractivity contribution in [3.05, 3.63) is 35.1 Å². The van der Waals surface area contributed by atoms with Crippen molar-refractivity contribution in [2.45, 2.75) is 39.8 Å². The molecule has 0 radical (unpaired) electrons. The number of hydrazine groups is 1. The standard InChI is InChI=1S/C14H23FN2O/c1-5-18-14(9(2)3)13(17-16)11-7-6-10(4)12(15)8-11/h6-9,13-14,17H,5,16H2,1-4H3. The highest BCUT2D eigenvalue weighted by molar-refractivity contribution is 5.26. The van der Waals surface area contributed by atoms with Gasteiger partial charge in [0.1, 0.15) is 5.82 Å². The molecule has 0 saturated carbocycles. The number of ether oxygens (including phenoxy) is 1. The molecule has 18 heavy (non-hydrogen) atoms. The fraction of sp³-hybridized carbons (Fsp3) is 0.571. The Morgan fingerprint density at radius 3 is 2.50 bits per heavy atom. The minimum Gasteiger partial charge on any atom is -0.376 e. The third-order valence-electron chi connectivity index (χ3n) is 3.08. The van der Waals surface area contributed by atoms with Crippen molar-refractivity contribution in [2.75, 3.05) is 6.61 Å². The zero-order valence-corrected chi connectivity index (χ0v) is 11.5. The summed E-state index contributed by atoms with van der Waals surface area (Å²) in [5.74, 6) is 5.68. The minimum absolute atomic E-state index is 0.0814. The van der Waals surface area contributed by atoms with Gasteiger partial charge in [0.05, 0.1) is 12.1 Å². The van der Waals surface area contributed by atoms with Gasteiger partial charge in [-0.15, -0.1) is 0 Å². The smallest absolute Gasteiger partial charge is 0.126 e. The quantitative estimate of drug-likeness (QED) is 0.606. The Labute approximate surface area is 108 Å². The van der Waals surface area contributed by atoms with Crippen molar-refractivity contribution in [1.82, 2.24) is 5.43 Å². The van der Waals surface area contributed by atoms with E-state index in [4.69, 9.17) is 10.6 Å². The second kappa shape index (κ2) is 6.83.